The molecular weight excluding hydrogens is 386 g/mol. The zero-order chi connectivity index (χ0) is 21.6. The van der Waals surface area contributed by atoms with Crippen molar-refractivity contribution in [3.63, 3.8) is 0 Å². The second kappa shape index (κ2) is 9.88. The lowest BCUT2D eigenvalue weighted by Gasteiger charge is -2.24. The van der Waals surface area contributed by atoms with Crippen LogP contribution in [0.1, 0.15) is 25.2 Å². The number of nitrogens with zero attached hydrogens (tertiary/aromatic N) is 5. The highest BCUT2D eigenvalue weighted by Crippen LogP contribution is 2.27. The fourth-order valence-electron chi connectivity index (χ4n) is 4.47. The number of benzene rings is 1. The van der Waals surface area contributed by atoms with Gasteiger partial charge in [0.15, 0.2) is 0 Å². The molecule has 1 atom stereocenters. The Morgan fingerprint density at radius 1 is 1.03 bits per heavy atom. The van der Waals surface area contributed by atoms with E-state index < -0.39 is 0 Å². The number of rotatable bonds is 7. The molecule has 1 aromatic carbocycles. The van der Waals surface area contributed by atoms with Gasteiger partial charge in [0.05, 0.1) is 12.5 Å². The van der Waals surface area contributed by atoms with Gasteiger partial charge in [-0.15, -0.1) is 0 Å². The molecule has 3 heterocycles. The van der Waals surface area contributed by atoms with Gasteiger partial charge in [-0.2, -0.15) is 0 Å². The molecule has 4 rings (SSSR count). The second-order valence-electron chi connectivity index (χ2n) is 8.08. The zero-order valence-corrected chi connectivity index (χ0v) is 18.4. The number of carbonyl (C=O) groups excluding carboxylic acids is 1. The lowest BCUT2D eigenvalue weighted by Crippen LogP contribution is -2.37. The molecule has 0 unspecified atom stereocenters. The highest BCUT2D eigenvalue weighted by Gasteiger charge is 2.30. The Balaban J connectivity index is 1.59. The van der Waals surface area contributed by atoms with Crippen LogP contribution in [0.5, 0.6) is 0 Å². The van der Waals surface area contributed by atoms with Gasteiger partial charge in [0.2, 0.25) is 5.91 Å². The third kappa shape index (κ3) is 4.85. The highest BCUT2D eigenvalue weighted by molar-refractivity contribution is 5.80. The molecule has 31 heavy (non-hydrogen) atoms. The summed E-state index contributed by atoms with van der Waals surface area (Å²) in [5.74, 6) is 1.24. The smallest absolute Gasteiger partial charge is 0.227 e. The van der Waals surface area contributed by atoms with Crippen molar-refractivity contribution in [2.45, 2.75) is 33.4 Å². The summed E-state index contributed by atoms with van der Waals surface area (Å²) in [6.45, 7) is 9.01. The van der Waals surface area contributed by atoms with E-state index in [2.05, 4.69) is 63.6 Å². The van der Waals surface area contributed by atoms with Gasteiger partial charge in [-0.25, -0.2) is 4.98 Å². The van der Waals surface area contributed by atoms with Crippen LogP contribution in [0.15, 0.2) is 61.2 Å². The summed E-state index contributed by atoms with van der Waals surface area (Å²) in [6.07, 6.45) is 8.29. The lowest BCUT2D eigenvalue weighted by atomic mass is 9.91. The van der Waals surface area contributed by atoms with E-state index in [4.69, 9.17) is 0 Å². The van der Waals surface area contributed by atoms with E-state index in [1.165, 1.54) is 5.56 Å². The molecule has 6 nitrogen and oxygen atoms in total. The number of hydrogen-bond donors (Lipinski definition) is 0. The molecule has 6 heteroatoms. The van der Waals surface area contributed by atoms with Gasteiger partial charge in [-0.1, -0.05) is 30.3 Å². The molecule has 0 radical (unpaired) electrons. The van der Waals surface area contributed by atoms with Crippen LogP contribution >= 0.6 is 0 Å². The Hall–Kier alpha value is -2.99. The van der Waals surface area contributed by atoms with Gasteiger partial charge in [-0.05, 0) is 37.5 Å². The van der Waals surface area contributed by atoms with Gasteiger partial charge < -0.3 is 9.47 Å². The lowest BCUT2D eigenvalue weighted by molar-refractivity contribution is -0.134. The van der Waals surface area contributed by atoms with Crippen molar-refractivity contribution in [2.75, 3.05) is 26.2 Å². The average molecular weight is 418 g/mol. The molecule has 1 fully saturated rings. The second-order valence-corrected chi connectivity index (χ2v) is 8.08. The van der Waals surface area contributed by atoms with Crippen molar-refractivity contribution in [3.8, 4) is 11.1 Å². The van der Waals surface area contributed by atoms with Crippen LogP contribution in [0.25, 0.3) is 11.1 Å². The third-order valence-electron chi connectivity index (χ3n) is 6.17. The van der Waals surface area contributed by atoms with Crippen LogP contribution in [0.4, 0.5) is 0 Å². The van der Waals surface area contributed by atoms with E-state index in [1.807, 2.05) is 29.6 Å². The van der Waals surface area contributed by atoms with Crippen LogP contribution in [-0.4, -0.2) is 56.4 Å². The quantitative estimate of drug-likeness (QED) is 0.591. The maximum absolute atomic E-state index is 13.4. The summed E-state index contributed by atoms with van der Waals surface area (Å²) >= 11 is 0. The minimum absolute atomic E-state index is 0.0784. The number of pyridine rings is 1. The van der Waals surface area contributed by atoms with Crippen molar-refractivity contribution in [1.29, 1.82) is 0 Å². The minimum Gasteiger partial charge on any atom is -0.341 e. The largest absolute Gasteiger partial charge is 0.341 e. The molecule has 1 aliphatic heterocycles. The van der Waals surface area contributed by atoms with E-state index in [-0.39, 0.29) is 11.8 Å². The molecule has 1 saturated heterocycles. The number of amides is 1. The molecule has 1 amide bonds. The van der Waals surface area contributed by atoms with E-state index >= 15 is 0 Å². The first-order valence-electron chi connectivity index (χ1n) is 11.2. The van der Waals surface area contributed by atoms with Crippen LogP contribution in [0.3, 0.4) is 0 Å². The van der Waals surface area contributed by atoms with Gasteiger partial charge in [0.1, 0.15) is 5.82 Å². The average Bonchev–Trinajstić information content (AvgIpc) is 3.20. The van der Waals surface area contributed by atoms with E-state index in [0.717, 1.165) is 62.6 Å². The maximum atomic E-state index is 13.4. The molecule has 0 aliphatic carbocycles. The van der Waals surface area contributed by atoms with E-state index in [9.17, 15) is 4.79 Å². The summed E-state index contributed by atoms with van der Waals surface area (Å²) in [6, 6.07) is 12.4. The number of imidazole rings is 1. The maximum Gasteiger partial charge on any atom is 0.227 e. The fraction of sp³-hybridized carbons (Fsp3) is 0.400. The minimum atomic E-state index is -0.0784. The summed E-state index contributed by atoms with van der Waals surface area (Å²) in [4.78, 5) is 26.6. The zero-order valence-electron chi connectivity index (χ0n) is 18.4. The topological polar surface area (TPSA) is 54.3 Å². The summed E-state index contributed by atoms with van der Waals surface area (Å²) < 4.78 is 2.18. The SMILES string of the molecule is CCN1CCN(Cc2nccn2CC)C[C@@H](Cc2ccccc2-c2cccnc2)C1=O. The molecule has 0 saturated carbocycles. The van der Waals surface area contributed by atoms with E-state index in [0.29, 0.717) is 0 Å². The normalized spacial score (nSPS) is 17.7. The first-order chi connectivity index (χ1) is 15.2. The van der Waals surface area contributed by atoms with Crippen LogP contribution in [0, 0.1) is 5.92 Å². The molecular formula is C25H31N5O. The van der Waals surface area contributed by atoms with Gasteiger partial charge >= 0.3 is 0 Å². The Morgan fingerprint density at radius 2 is 1.90 bits per heavy atom. The Kier molecular flexibility index (Phi) is 6.77. The third-order valence-corrected chi connectivity index (χ3v) is 6.17. The fourth-order valence-corrected chi connectivity index (χ4v) is 4.47. The molecule has 2 aromatic heterocycles. The van der Waals surface area contributed by atoms with Gasteiger partial charge in [0, 0.05) is 63.1 Å². The monoisotopic (exact) mass is 417 g/mol. The van der Waals surface area contributed by atoms with Crippen LogP contribution in [-0.2, 0) is 24.3 Å². The predicted molar refractivity (Wildman–Crippen MR) is 122 cm³/mol. The standard InChI is InChI=1S/C25H31N5O/c1-3-29-13-12-27-24(29)19-28-14-15-30(4-2)25(31)22(18-28)16-20-8-5-6-10-23(20)21-9-7-11-26-17-21/h5-13,17,22H,3-4,14-16,18-19H2,1-2H3/t22-/m1/s1. The summed E-state index contributed by atoms with van der Waals surface area (Å²) in [5, 5.41) is 0. The van der Waals surface area contributed by atoms with Crippen LogP contribution < -0.4 is 0 Å². The molecule has 0 N–H and O–H groups in total. The summed E-state index contributed by atoms with van der Waals surface area (Å²) in [5.41, 5.74) is 3.44. The Bertz CT molecular complexity index is 1000. The van der Waals surface area contributed by atoms with Crippen molar-refractivity contribution >= 4 is 5.91 Å². The first kappa shape index (κ1) is 21.2. The van der Waals surface area contributed by atoms with Crippen molar-refractivity contribution < 1.29 is 4.79 Å². The van der Waals surface area contributed by atoms with Gasteiger partial charge in [-0.3, -0.25) is 14.7 Å². The number of aromatic nitrogens is 3. The van der Waals surface area contributed by atoms with E-state index in [1.54, 1.807) is 6.20 Å². The van der Waals surface area contributed by atoms with Gasteiger partial charge in [0.25, 0.3) is 0 Å². The van der Waals surface area contributed by atoms with Crippen molar-refractivity contribution in [1.82, 2.24) is 24.3 Å². The summed E-state index contributed by atoms with van der Waals surface area (Å²) in [7, 11) is 0. The Labute approximate surface area is 184 Å². The first-order valence-corrected chi connectivity index (χ1v) is 11.2. The van der Waals surface area contributed by atoms with Crippen molar-refractivity contribution in [2.24, 2.45) is 5.92 Å². The number of aryl methyl sites for hydroxylation is 1. The predicted octanol–water partition coefficient (Wildman–Crippen LogP) is 3.49. The molecule has 3 aromatic rings. The molecule has 1 aliphatic rings. The number of likely N-dealkylation sites (N-methyl/N-ethyl adjacent to an activating group) is 1. The number of carbonyl (C=O) groups is 1. The molecule has 0 spiro atoms. The Morgan fingerprint density at radius 3 is 2.68 bits per heavy atom. The van der Waals surface area contributed by atoms with Crippen molar-refractivity contribution in [3.05, 3.63) is 72.6 Å². The van der Waals surface area contributed by atoms with Crippen LogP contribution in [0.2, 0.25) is 0 Å². The highest BCUT2D eigenvalue weighted by atomic mass is 16.2. The molecule has 162 valence electrons. The number of hydrogen-bond acceptors (Lipinski definition) is 4. The molecule has 0 bridgehead atoms.